The van der Waals surface area contributed by atoms with Crippen LogP contribution in [0.4, 0.5) is 23.0 Å². The Morgan fingerprint density at radius 3 is 2.70 bits per heavy atom. The van der Waals surface area contributed by atoms with Crippen LogP contribution in [0, 0.1) is 10.1 Å². The number of nitro groups is 1. The van der Waals surface area contributed by atoms with E-state index in [-0.39, 0.29) is 23.8 Å². The van der Waals surface area contributed by atoms with Crippen molar-refractivity contribution in [3.63, 3.8) is 0 Å². The van der Waals surface area contributed by atoms with Crippen LogP contribution in [0.3, 0.4) is 0 Å². The van der Waals surface area contributed by atoms with Gasteiger partial charge in [0, 0.05) is 0 Å². The summed E-state index contributed by atoms with van der Waals surface area (Å²) < 4.78 is 4.95. The second kappa shape index (κ2) is 7.13. The van der Waals surface area contributed by atoms with Crippen LogP contribution >= 0.6 is 0 Å². The fourth-order valence-corrected chi connectivity index (χ4v) is 1.86. The minimum atomic E-state index is -0.676. The highest BCUT2D eigenvalue weighted by Crippen LogP contribution is 2.31. The lowest BCUT2D eigenvalue weighted by atomic mass is 10.2. The fourth-order valence-electron chi connectivity index (χ4n) is 1.86. The molecule has 0 aliphatic carbocycles. The molecule has 0 aliphatic heterocycles. The molecule has 0 amide bonds. The highest BCUT2D eigenvalue weighted by Gasteiger charge is 2.24. The maximum atomic E-state index is 11.9. The molecule has 4 N–H and O–H groups in total. The van der Waals surface area contributed by atoms with Gasteiger partial charge in [-0.15, -0.1) is 0 Å². The maximum Gasteiger partial charge on any atom is 0.354 e. The third kappa shape index (κ3) is 3.49. The van der Waals surface area contributed by atoms with Crippen molar-refractivity contribution in [2.75, 3.05) is 17.3 Å². The highest BCUT2D eigenvalue weighted by molar-refractivity contribution is 5.96. The normalized spacial score (nSPS) is 10.0. The van der Waals surface area contributed by atoms with Crippen molar-refractivity contribution >= 4 is 29.0 Å². The zero-order valence-electron chi connectivity index (χ0n) is 12.1. The second-order valence-electron chi connectivity index (χ2n) is 4.21. The predicted octanol–water partition coefficient (Wildman–Crippen LogP) is 1.59. The molecule has 0 saturated carbocycles. The molecule has 10 heteroatoms. The summed E-state index contributed by atoms with van der Waals surface area (Å²) in [6.07, 6.45) is 1.11. The number of hydrazine groups is 1. The molecule has 10 nitrogen and oxygen atoms in total. The van der Waals surface area contributed by atoms with E-state index >= 15 is 0 Å². The van der Waals surface area contributed by atoms with E-state index in [9.17, 15) is 14.9 Å². The average molecular weight is 318 g/mol. The van der Waals surface area contributed by atoms with Gasteiger partial charge in [0.1, 0.15) is 6.33 Å². The summed E-state index contributed by atoms with van der Waals surface area (Å²) in [5, 5.41) is 14.0. The van der Waals surface area contributed by atoms with E-state index in [0.717, 1.165) is 6.33 Å². The number of esters is 1. The second-order valence-corrected chi connectivity index (χ2v) is 4.21. The summed E-state index contributed by atoms with van der Waals surface area (Å²) in [6, 6.07) is 6.43. The maximum absolute atomic E-state index is 11.9. The first kappa shape index (κ1) is 16.1. The van der Waals surface area contributed by atoms with E-state index in [4.69, 9.17) is 10.6 Å². The Bertz CT molecular complexity index is 736. The molecule has 1 aromatic carbocycles. The quantitative estimate of drug-likeness (QED) is 0.313. The number of hydrogen-bond donors (Lipinski definition) is 3. The third-order valence-electron chi connectivity index (χ3n) is 2.82. The molecule has 0 fully saturated rings. The van der Waals surface area contributed by atoms with Gasteiger partial charge < -0.3 is 15.5 Å². The molecule has 0 spiro atoms. The Morgan fingerprint density at radius 2 is 2.04 bits per heavy atom. The topological polar surface area (TPSA) is 145 Å². The van der Waals surface area contributed by atoms with Gasteiger partial charge in [-0.2, -0.15) is 0 Å². The van der Waals surface area contributed by atoms with Gasteiger partial charge in [-0.1, -0.05) is 12.1 Å². The SMILES string of the molecule is CCOC(=O)c1ccccc1Nc1ncnc(NN)c1[N+](=O)[O-]. The average Bonchev–Trinajstić information content (AvgIpc) is 2.55. The number of hydrogen-bond acceptors (Lipinski definition) is 9. The monoisotopic (exact) mass is 318 g/mol. The number of carbonyl (C=O) groups is 1. The van der Waals surface area contributed by atoms with Gasteiger partial charge in [-0.05, 0) is 19.1 Å². The van der Waals surface area contributed by atoms with E-state index in [0.29, 0.717) is 5.69 Å². The molecule has 2 rings (SSSR count). The van der Waals surface area contributed by atoms with Gasteiger partial charge in [0.15, 0.2) is 0 Å². The van der Waals surface area contributed by atoms with Gasteiger partial charge in [-0.3, -0.25) is 10.1 Å². The Labute approximate surface area is 130 Å². The molecule has 0 atom stereocenters. The summed E-state index contributed by atoms with van der Waals surface area (Å²) in [7, 11) is 0. The van der Waals surface area contributed by atoms with Crippen LogP contribution in [0.15, 0.2) is 30.6 Å². The standard InChI is InChI=1S/C13H14N6O4/c1-2-23-13(20)8-5-3-4-6-9(8)17-11-10(19(21)22)12(18-14)16-7-15-11/h3-7H,2,14H2,1H3,(H2,15,16,17,18). The van der Waals surface area contributed by atoms with Crippen molar-refractivity contribution in [1.29, 1.82) is 0 Å². The molecule has 0 unspecified atom stereocenters. The Hall–Kier alpha value is -3.27. The van der Waals surface area contributed by atoms with Crippen LogP contribution < -0.4 is 16.6 Å². The van der Waals surface area contributed by atoms with Crippen LogP contribution in [0.5, 0.6) is 0 Å². The van der Waals surface area contributed by atoms with Crippen molar-refractivity contribution < 1.29 is 14.5 Å². The molecule has 0 saturated heterocycles. The van der Waals surface area contributed by atoms with Crippen LogP contribution in [0.2, 0.25) is 0 Å². The van der Waals surface area contributed by atoms with E-state index < -0.39 is 16.6 Å². The van der Waals surface area contributed by atoms with Crippen molar-refractivity contribution in [1.82, 2.24) is 9.97 Å². The number of para-hydroxylation sites is 1. The van der Waals surface area contributed by atoms with E-state index in [1.54, 1.807) is 25.1 Å². The van der Waals surface area contributed by atoms with Crippen molar-refractivity contribution in [2.24, 2.45) is 5.84 Å². The first-order chi connectivity index (χ1) is 11.1. The van der Waals surface area contributed by atoms with Crippen LogP contribution in [0.1, 0.15) is 17.3 Å². The first-order valence-corrected chi connectivity index (χ1v) is 6.57. The van der Waals surface area contributed by atoms with Gasteiger partial charge in [0.2, 0.25) is 11.6 Å². The molecule has 2 aromatic rings. The zero-order valence-corrected chi connectivity index (χ0v) is 12.1. The number of ether oxygens (including phenoxy) is 1. The molecule has 23 heavy (non-hydrogen) atoms. The number of nitrogens with zero attached hydrogens (tertiary/aromatic N) is 3. The number of aromatic nitrogens is 2. The number of rotatable bonds is 6. The molecule has 1 heterocycles. The fraction of sp³-hybridized carbons (Fsp3) is 0.154. The lowest BCUT2D eigenvalue weighted by Crippen LogP contribution is -2.13. The summed E-state index contributed by atoms with van der Waals surface area (Å²) in [5.74, 6) is 4.42. The van der Waals surface area contributed by atoms with Crippen LogP contribution in [-0.4, -0.2) is 27.5 Å². The summed E-state index contributed by atoms with van der Waals surface area (Å²) in [6.45, 7) is 1.89. The Kier molecular flexibility index (Phi) is 5.00. The van der Waals surface area contributed by atoms with E-state index in [2.05, 4.69) is 20.7 Å². The smallest absolute Gasteiger partial charge is 0.354 e. The molecule has 0 aliphatic rings. The van der Waals surface area contributed by atoms with E-state index in [1.165, 1.54) is 6.07 Å². The number of nitrogen functional groups attached to an aromatic ring is 1. The first-order valence-electron chi connectivity index (χ1n) is 6.57. The number of anilines is 3. The van der Waals surface area contributed by atoms with Gasteiger partial charge in [-0.25, -0.2) is 20.6 Å². The van der Waals surface area contributed by atoms with Gasteiger partial charge >= 0.3 is 11.7 Å². The minimum absolute atomic E-state index is 0.102. The number of benzene rings is 1. The van der Waals surface area contributed by atoms with Crippen molar-refractivity contribution in [3.05, 3.63) is 46.3 Å². The molecular weight excluding hydrogens is 304 g/mol. The Morgan fingerprint density at radius 1 is 1.35 bits per heavy atom. The number of nitrogens with one attached hydrogen (secondary N) is 2. The highest BCUT2D eigenvalue weighted by atomic mass is 16.6. The van der Waals surface area contributed by atoms with Crippen LogP contribution in [0.25, 0.3) is 0 Å². The summed E-state index contributed by atoms with van der Waals surface area (Å²) in [4.78, 5) is 30.0. The zero-order chi connectivity index (χ0) is 16.8. The molecule has 120 valence electrons. The molecule has 0 radical (unpaired) electrons. The molecular formula is C13H14N6O4. The lowest BCUT2D eigenvalue weighted by Gasteiger charge is -2.11. The predicted molar refractivity (Wildman–Crippen MR) is 82.2 cm³/mol. The van der Waals surface area contributed by atoms with Gasteiger partial charge in [0.25, 0.3) is 0 Å². The molecule has 0 bridgehead atoms. The van der Waals surface area contributed by atoms with Crippen LogP contribution in [-0.2, 0) is 4.74 Å². The summed E-state index contributed by atoms with van der Waals surface area (Å²) in [5.41, 5.74) is 2.24. The van der Waals surface area contributed by atoms with E-state index in [1.807, 2.05) is 0 Å². The van der Waals surface area contributed by atoms with Crippen molar-refractivity contribution in [3.8, 4) is 0 Å². The van der Waals surface area contributed by atoms with Gasteiger partial charge in [0.05, 0.1) is 22.8 Å². The number of nitrogens with two attached hydrogens (primary N) is 1. The Balaban J connectivity index is 2.45. The number of carbonyl (C=O) groups excluding carboxylic acids is 1. The third-order valence-corrected chi connectivity index (χ3v) is 2.82. The molecule has 1 aromatic heterocycles. The minimum Gasteiger partial charge on any atom is -0.462 e. The van der Waals surface area contributed by atoms with Crippen molar-refractivity contribution in [2.45, 2.75) is 6.92 Å². The summed E-state index contributed by atoms with van der Waals surface area (Å²) >= 11 is 0. The largest absolute Gasteiger partial charge is 0.462 e. The lowest BCUT2D eigenvalue weighted by molar-refractivity contribution is -0.383.